The van der Waals surface area contributed by atoms with Crippen molar-refractivity contribution < 1.29 is 9.13 Å². The zero-order valence-electron chi connectivity index (χ0n) is 8.09. The summed E-state index contributed by atoms with van der Waals surface area (Å²) in [7, 11) is 1.69. The molecule has 0 fully saturated rings. The van der Waals surface area contributed by atoms with Crippen LogP contribution in [0.1, 0.15) is 18.5 Å². The number of hydrogen-bond donors (Lipinski definition) is 0. The molecule has 14 heavy (non-hydrogen) atoms. The first-order chi connectivity index (χ1) is 6.74. The summed E-state index contributed by atoms with van der Waals surface area (Å²) >= 11 is 3.13. The van der Waals surface area contributed by atoms with Crippen molar-refractivity contribution in [1.29, 1.82) is 0 Å². The minimum absolute atomic E-state index is 0.314. The normalized spacial score (nSPS) is 10.5. The Labute approximate surface area is 91.6 Å². The van der Waals surface area contributed by atoms with Crippen LogP contribution in [0.4, 0.5) is 4.39 Å². The Kier molecular flexibility index (Phi) is 5.04. The summed E-state index contributed by atoms with van der Waals surface area (Å²) in [5.41, 5.74) is 0.911. The Morgan fingerprint density at radius 2 is 2.29 bits per heavy atom. The highest BCUT2D eigenvalue weighted by atomic mass is 79.9. The molecule has 0 saturated heterocycles. The molecule has 0 aliphatic rings. The second kappa shape index (κ2) is 6.09. The van der Waals surface area contributed by atoms with Crippen LogP contribution in [0.3, 0.4) is 0 Å². The lowest BCUT2D eigenvalue weighted by Gasteiger charge is -2.01. The van der Waals surface area contributed by atoms with E-state index in [1.807, 2.05) is 0 Å². The molecule has 1 rings (SSSR count). The van der Waals surface area contributed by atoms with Gasteiger partial charge in [-0.3, -0.25) is 4.98 Å². The number of nitrogens with zero attached hydrogens (tertiary/aromatic N) is 1. The van der Waals surface area contributed by atoms with Gasteiger partial charge in [0.05, 0.1) is 10.7 Å². The highest BCUT2D eigenvalue weighted by Crippen LogP contribution is 2.15. The SMILES string of the molecule is COCCCCc1cc(Br)c(F)cn1. The van der Waals surface area contributed by atoms with Gasteiger partial charge in [-0.1, -0.05) is 0 Å². The molecule has 2 nitrogen and oxygen atoms in total. The fourth-order valence-electron chi connectivity index (χ4n) is 1.14. The molecule has 0 atom stereocenters. The number of aromatic nitrogens is 1. The number of methoxy groups -OCH3 is 1. The number of ether oxygens (including phenoxy) is 1. The Morgan fingerprint density at radius 1 is 1.50 bits per heavy atom. The van der Waals surface area contributed by atoms with Crippen LogP contribution in [0.15, 0.2) is 16.7 Å². The standard InChI is InChI=1S/C10H13BrFNO/c1-14-5-3-2-4-8-6-9(11)10(12)7-13-8/h6-7H,2-5H2,1H3. The van der Waals surface area contributed by atoms with Crippen molar-refractivity contribution in [3.8, 4) is 0 Å². The number of pyridine rings is 1. The molecule has 1 aromatic rings. The first-order valence-corrected chi connectivity index (χ1v) is 5.32. The third-order valence-electron chi connectivity index (χ3n) is 1.90. The highest BCUT2D eigenvalue weighted by molar-refractivity contribution is 9.10. The van der Waals surface area contributed by atoms with Crippen LogP contribution in [0.5, 0.6) is 0 Å². The summed E-state index contributed by atoms with van der Waals surface area (Å²) in [5, 5.41) is 0. The van der Waals surface area contributed by atoms with Gasteiger partial charge in [-0.05, 0) is 41.3 Å². The average molecular weight is 262 g/mol. The second-order valence-electron chi connectivity index (χ2n) is 3.04. The summed E-state index contributed by atoms with van der Waals surface area (Å²) in [5.74, 6) is -0.314. The monoisotopic (exact) mass is 261 g/mol. The van der Waals surface area contributed by atoms with Gasteiger partial charge in [0.15, 0.2) is 5.82 Å². The molecule has 1 aromatic heterocycles. The molecule has 78 valence electrons. The quantitative estimate of drug-likeness (QED) is 0.761. The molecule has 0 amide bonds. The van der Waals surface area contributed by atoms with Gasteiger partial charge in [-0.15, -0.1) is 0 Å². The van der Waals surface area contributed by atoms with E-state index in [4.69, 9.17) is 4.74 Å². The third-order valence-corrected chi connectivity index (χ3v) is 2.50. The molecule has 0 unspecified atom stereocenters. The summed E-state index contributed by atoms with van der Waals surface area (Å²) in [4.78, 5) is 3.99. The maximum absolute atomic E-state index is 12.8. The molecule has 0 bridgehead atoms. The fourth-order valence-corrected chi connectivity index (χ4v) is 1.51. The van der Waals surface area contributed by atoms with E-state index in [1.165, 1.54) is 6.20 Å². The number of halogens is 2. The van der Waals surface area contributed by atoms with Crippen LogP contribution >= 0.6 is 15.9 Å². The molecule has 0 aromatic carbocycles. The first kappa shape index (κ1) is 11.6. The number of hydrogen-bond acceptors (Lipinski definition) is 2. The van der Waals surface area contributed by atoms with Crippen LogP contribution in [0.25, 0.3) is 0 Å². The van der Waals surface area contributed by atoms with Crippen LogP contribution in [-0.2, 0) is 11.2 Å². The van der Waals surface area contributed by atoms with Crippen molar-refractivity contribution in [1.82, 2.24) is 4.98 Å². The molecule has 0 radical (unpaired) electrons. The maximum Gasteiger partial charge on any atom is 0.155 e. The topological polar surface area (TPSA) is 22.1 Å². The summed E-state index contributed by atoms with van der Waals surface area (Å²) in [6, 6.07) is 1.72. The van der Waals surface area contributed by atoms with Crippen LogP contribution in [0.2, 0.25) is 0 Å². The first-order valence-electron chi connectivity index (χ1n) is 4.53. The van der Waals surface area contributed by atoms with Gasteiger partial charge < -0.3 is 4.74 Å². The molecule has 0 saturated carbocycles. The molecule has 0 N–H and O–H groups in total. The molecule has 1 heterocycles. The third kappa shape index (κ3) is 3.72. The van der Waals surface area contributed by atoms with Gasteiger partial charge in [-0.25, -0.2) is 4.39 Å². The van der Waals surface area contributed by atoms with Crippen LogP contribution in [-0.4, -0.2) is 18.7 Å². The lowest BCUT2D eigenvalue weighted by molar-refractivity contribution is 0.193. The molecular weight excluding hydrogens is 249 g/mol. The van der Waals surface area contributed by atoms with Crippen molar-refractivity contribution in [2.45, 2.75) is 19.3 Å². The van der Waals surface area contributed by atoms with E-state index in [1.54, 1.807) is 13.2 Å². The Hall–Kier alpha value is -0.480. The van der Waals surface area contributed by atoms with Crippen LogP contribution in [0, 0.1) is 5.82 Å². The van der Waals surface area contributed by atoms with Crippen molar-refractivity contribution in [2.24, 2.45) is 0 Å². The second-order valence-corrected chi connectivity index (χ2v) is 3.89. The van der Waals surface area contributed by atoms with Gasteiger partial charge >= 0.3 is 0 Å². The van der Waals surface area contributed by atoms with Gasteiger partial charge in [0.2, 0.25) is 0 Å². The van der Waals surface area contributed by atoms with E-state index >= 15 is 0 Å². The van der Waals surface area contributed by atoms with Crippen molar-refractivity contribution >= 4 is 15.9 Å². The van der Waals surface area contributed by atoms with Crippen LogP contribution < -0.4 is 0 Å². The van der Waals surface area contributed by atoms with Gasteiger partial charge in [-0.2, -0.15) is 0 Å². The van der Waals surface area contributed by atoms with E-state index in [2.05, 4.69) is 20.9 Å². The predicted molar refractivity (Wildman–Crippen MR) is 56.7 cm³/mol. The molecule has 0 aliphatic carbocycles. The average Bonchev–Trinajstić information content (AvgIpc) is 2.18. The van der Waals surface area contributed by atoms with E-state index in [0.717, 1.165) is 31.6 Å². The number of aryl methyl sites for hydroxylation is 1. The highest BCUT2D eigenvalue weighted by Gasteiger charge is 2.01. The fraction of sp³-hybridized carbons (Fsp3) is 0.500. The van der Waals surface area contributed by atoms with Crippen molar-refractivity contribution in [3.05, 3.63) is 28.2 Å². The van der Waals surface area contributed by atoms with E-state index in [-0.39, 0.29) is 5.82 Å². The molecular formula is C10H13BrFNO. The summed E-state index contributed by atoms with van der Waals surface area (Å²) in [6.45, 7) is 0.766. The van der Waals surface area contributed by atoms with Gasteiger partial charge in [0.25, 0.3) is 0 Å². The van der Waals surface area contributed by atoms with Gasteiger partial charge in [0, 0.05) is 19.4 Å². The van der Waals surface area contributed by atoms with Crippen molar-refractivity contribution in [2.75, 3.05) is 13.7 Å². The maximum atomic E-state index is 12.8. The van der Waals surface area contributed by atoms with Crippen molar-refractivity contribution in [3.63, 3.8) is 0 Å². The summed E-state index contributed by atoms with van der Waals surface area (Å²) in [6.07, 6.45) is 4.13. The van der Waals surface area contributed by atoms with Gasteiger partial charge in [0.1, 0.15) is 0 Å². The number of rotatable bonds is 5. The zero-order valence-corrected chi connectivity index (χ0v) is 9.68. The molecule has 4 heteroatoms. The number of unbranched alkanes of at least 4 members (excludes halogenated alkanes) is 1. The van der Waals surface area contributed by atoms with E-state index in [0.29, 0.717) is 4.47 Å². The minimum Gasteiger partial charge on any atom is -0.385 e. The Balaban J connectivity index is 2.39. The lowest BCUT2D eigenvalue weighted by atomic mass is 10.2. The predicted octanol–water partition coefficient (Wildman–Crippen LogP) is 2.95. The Morgan fingerprint density at radius 3 is 2.93 bits per heavy atom. The van der Waals surface area contributed by atoms with E-state index < -0.39 is 0 Å². The zero-order chi connectivity index (χ0) is 10.4. The smallest absolute Gasteiger partial charge is 0.155 e. The summed E-state index contributed by atoms with van der Waals surface area (Å²) < 4.78 is 18.2. The van der Waals surface area contributed by atoms with E-state index in [9.17, 15) is 4.39 Å². The lowest BCUT2D eigenvalue weighted by Crippen LogP contribution is -1.94. The molecule has 0 spiro atoms. The minimum atomic E-state index is -0.314. The molecule has 0 aliphatic heterocycles. The largest absolute Gasteiger partial charge is 0.385 e. The Bertz CT molecular complexity index is 293.